The highest BCUT2D eigenvalue weighted by Gasteiger charge is 2.34. The Morgan fingerprint density at radius 3 is 2.60 bits per heavy atom. The molecule has 2 fully saturated rings. The van der Waals surface area contributed by atoms with Gasteiger partial charge in [0.05, 0.1) is 19.1 Å². The molecule has 2 amide bonds. The molecular formula is C18H26ClN3O3. The van der Waals surface area contributed by atoms with Gasteiger partial charge < -0.3 is 15.0 Å². The molecule has 0 radical (unpaired) electrons. The van der Waals surface area contributed by atoms with Gasteiger partial charge in [-0.25, -0.2) is 0 Å². The zero-order valence-corrected chi connectivity index (χ0v) is 15.4. The Morgan fingerprint density at radius 1 is 1.24 bits per heavy atom. The summed E-state index contributed by atoms with van der Waals surface area (Å²) in [6.07, 6.45) is 0.289. The number of rotatable bonds is 5. The van der Waals surface area contributed by atoms with Crippen molar-refractivity contribution in [2.75, 3.05) is 50.8 Å². The first-order valence-electron chi connectivity index (χ1n) is 8.58. The fourth-order valence-electron chi connectivity index (χ4n) is 3.16. The average molecular weight is 368 g/mol. The molecule has 1 N–H and O–H groups in total. The number of nitrogens with zero attached hydrogens (tertiary/aromatic N) is 2. The minimum Gasteiger partial charge on any atom is -0.379 e. The molecule has 0 aliphatic carbocycles. The molecule has 3 rings (SSSR count). The van der Waals surface area contributed by atoms with E-state index in [0.717, 1.165) is 44.1 Å². The number of morpholine rings is 1. The van der Waals surface area contributed by atoms with Gasteiger partial charge in [-0.3, -0.25) is 14.5 Å². The van der Waals surface area contributed by atoms with E-state index in [0.29, 0.717) is 13.1 Å². The average Bonchev–Trinajstić information content (AvgIpc) is 2.98. The van der Waals surface area contributed by atoms with E-state index in [1.54, 1.807) is 4.90 Å². The van der Waals surface area contributed by atoms with Gasteiger partial charge >= 0.3 is 0 Å². The summed E-state index contributed by atoms with van der Waals surface area (Å²) in [6.45, 7) is 7.28. The van der Waals surface area contributed by atoms with Crippen molar-refractivity contribution in [3.05, 3.63) is 29.8 Å². The van der Waals surface area contributed by atoms with Crippen LogP contribution in [0.15, 0.2) is 24.3 Å². The molecule has 0 spiro atoms. The number of hydrogen-bond acceptors (Lipinski definition) is 4. The molecule has 7 heteroatoms. The molecule has 1 atom stereocenters. The minimum absolute atomic E-state index is 0. The van der Waals surface area contributed by atoms with Crippen molar-refractivity contribution in [1.82, 2.24) is 10.2 Å². The molecular weight excluding hydrogens is 342 g/mol. The second-order valence-corrected chi connectivity index (χ2v) is 6.49. The lowest BCUT2D eigenvalue weighted by Gasteiger charge is -2.26. The standard InChI is InChI=1S/C18H25N3O3.ClH/c1-14-2-4-16(5-3-14)21-13-15(12-17(21)22)18(23)19-6-7-20-8-10-24-11-9-20;/h2-5,15H,6-13H2,1H3,(H,19,23);1H. The van der Waals surface area contributed by atoms with Crippen molar-refractivity contribution in [3.63, 3.8) is 0 Å². The maximum absolute atomic E-state index is 12.3. The van der Waals surface area contributed by atoms with Crippen LogP contribution in [-0.2, 0) is 14.3 Å². The van der Waals surface area contributed by atoms with Crippen LogP contribution >= 0.6 is 12.4 Å². The lowest BCUT2D eigenvalue weighted by atomic mass is 10.1. The Kier molecular flexibility index (Phi) is 7.23. The first kappa shape index (κ1) is 19.7. The van der Waals surface area contributed by atoms with Gasteiger partial charge in [0, 0.05) is 44.8 Å². The summed E-state index contributed by atoms with van der Waals surface area (Å²) < 4.78 is 5.31. The highest BCUT2D eigenvalue weighted by molar-refractivity contribution is 6.00. The number of hydrogen-bond donors (Lipinski definition) is 1. The predicted octanol–water partition coefficient (Wildman–Crippen LogP) is 1.22. The third-order valence-electron chi connectivity index (χ3n) is 4.67. The van der Waals surface area contributed by atoms with Crippen molar-refractivity contribution >= 4 is 29.9 Å². The fourth-order valence-corrected chi connectivity index (χ4v) is 3.16. The second-order valence-electron chi connectivity index (χ2n) is 6.49. The number of benzene rings is 1. The van der Waals surface area contributed by atoms with Crippen LogP contribution in [0.1, 0.15) is 12.0 Å². The van der Waals surface area contributed by atoms with Gasteiger partial charge in [-0.15, -0.1) is 12.4 Å². The van der Waals surface area contributed by atoms with Crippen LogP contribution in [0.3, 0.4) is 0 Å². The van der Waals surface area contributed by atoms with E-state index < -0.39 is 0 Å². The summed E-state index contributed by atoms with van der Waals surface area (Å²) in [5.41, 5.74) is 2.03. The molecule has 138 valence electrons. The Morgan fingerprint density at radius 2 is 1.92 bits per heavy atom. The smallest absolute Gasteiger partial charge is 0.227 e. The van der Waals surface area contributed by atoms with Gasteiger partial charge in [-0.2, -0.15) is 0 Å². The summed E-state index contributed by atoms with van der Waals surface area (Å²) >= 11 is 0. The number of nitrogens with one attached hydrogen (secondary N) is 1. The van der Waals surface area contributed by atoms with Gasteiger partial charge in [0.2, 0.25) is 11.8 Å². The fraction of sp³-hybridized carbons (Fsp3) is 0.556. The normalized spacial score (nSPS) is 21.1. The molecule has 2 aliphatic rings. The van der Waals surface area contributed by atoms with E-state index in [1.165, 1.54) is 0 Å². The zero-order chi connectivity index (χ0) is 16.9. The summed E-state index contributed by atoms with van der Waals surface area (Å²) in [7, 11) is 0. The van der Waals surface area contributed by atoms with E-state index in [9.17, 15) is 9.59 Å². The molecule has 6 nitrogen and oxygen atoms in total. The molecule has 1 aromatic carbocycles. The highest BCUT2D eigenvalue weighted by Crippen LogP contribution is 2.25. The van der Waals surface area contributed by atoms with Crippen LogP contribution in [0, 0.1) is 12.8 Å². The SMILES string of the molecule is Cc1ccc(N2CC(C(=O)NCCN3CCOCC3)CC2=O)cc1.Cl. The highest BCUT2D eigenvalue weighted by atomic mass is 35.5. The van der Waals surface area contributed by atoms with Gasteiger partial charge in [0.1, 0.15) is 0 Å². The lowest BCUT2D eigenvalue weighted by Crippen LogP contribution is -2.42. The van der Waals surface area contributed by atoms with Crippen LogP contribution in [0.5, 0.6) is 0 Å². The Labute approximate surface area is 154 Å². The van der Waals surface area contributed by atoms with E-state index in [-0.39, 0.29) is 36.6 Å². The predicted molar refractivity (Wildman–Crippen MR) is 99.2 cm³/mol. The Bertz CT molecular complexity index is 588. The second kappa shape index (κ2) is 9.17. The number of anilines is 1. The molecule has 2 aliphatic heterocycles. The Hall–Kier alpha value is -1.63. The third kappa shape index (κ3) is 5.17. The quantitative estimate of drug-likeness (QED) is 0.850. The molecule has 2 heterocycles. The van der Waals surface area contributed by atoms with Gasteiger partial charge in [0.25, 0.3) is 0 Å². The van der Waals surface area contributed by atoms with Crippen LogP contribution in [0.25, 0.3) is 0 Å². The molecule has 0 saturated carbocycles. The van der Waals surface area contributed by atoms with Crippen LogP contribution in [0.2, 0.25) is 0 Å². The third-order valence-corrected chi connectivity index (χ3v) is 4.67. The summed E-state index contributed by atoms with van der Waals surface area (Å²) in [6, 6.07) is 7.84. The van der Waals surface area contributed by atoms with E-state index in [2.05, 4.69) is 10.2 Å². The molecule has 2 saturated heterocycles. The maximum Gasteiger partial charge on any atom is 0.227 e. The van der Waals surface area contributed by atoms with E-state index in [1.807, 2.05) is 31.2 Å². The minimum atomic E-state index is -0.261. The van der Waals surface area contributed by atoms with E-state index in [4.69, 9.17) is 4.74 Å². The largest absolute Gasteiger partial charge is 0.379 e. The van der Waals surface area contributed by atoms with Crippen molar-refractivity contribution in [3.8, 4) is 0 Å². The van der Waals surface area contributed by atoms with Crippen molar-refractivity contribution in [1.29, 1.82) is 0 Å². The summed E-state index contributed by atoms with van der Waals surface area (Å²) in [5.74, 6) is -0.262. The van der Waals surface area contributed by atoms with Gasteiger partial charge in [-0.1, -0.05) is 17.7 Å². The number of aryl methyl sites for hydroxylation is 1. The molecule has 1 unspecified atom stereocenters. The first-order chi connectivity index (χ1) is 11.6. The van der Waals surface area contributed by atoms with Crippen molar-refractivity contribution < 1.29 is 14.3 Å². The maximum atomic E-state index is 12.3. The number of carbonyl (C=O) groups excluding carboxylic acids is 2. The molecule has 25 heavy (non-hydrogen) atoms. The molecule has 0 bridgehead atoms. The van der Waals surface area contributed by atoms with Crippen LogP contribution < -0.4 is 10.2 Å². The number of halogens is 1. The van der Waals surface area contributed by atoms with E-state index >= 15 is 0 Å². The van der Waals surface area contributed by atoms with Gasteiger partial charge in [-0.05, 0) is 19.1 Å². The summed E-state index contributed by atoms with van der Waals surface area (Å²) in [4.78, 5) is 28.5. The molecule has 1 aromatic rings. The zero-order valence-electron chi connectivity index (χ0n) is 14.6. The van der Waals surface area contributed by atoms with Crippen molar-refractivity contribution in [2.45, 2.75) is 13.3 Å². The lowest BCUT2D eigenvalue weighted by molar-refractivity contribution is -0.126. The number of carbonyl (C=O) groups is 2. The topological polar surface area (TPSA) is 61.9 Å². The van der Waals surface area contributed by atoms with Crippen LogP contribution in [-0.4, -0.2) is 62.7 Å². The van der Waals surface area contributed by atoms with Gasteiger partial charge in [0.15, 0.2) is 0 Å². The number of ether oxygens (including phenoxy) is 1. The van der Waals surface area contributed by atoms with Crippen LogP contribution in [0.4, 0.5) is 5.69 Å². The first-order valence-corrected chi connectivity index (χ1v) is 8.58. The summed E-state index contributed by atoms with van der Waals surface area (Å²) in [5, 5.41) is 2.97. The molecule has 0 aromatic heterocycles. The monoisotopic (exact) mass is 367 g/mol. The van der Waals surface area contributed by atoms with Crippen molar-refractivity contribution in [2.24, 2.45) is 5.92 Å². The number of amides is 2. The Balaban J connectivity index is 0.00000225.